The van der Waals surface area contributed by atoms with Gasteiger partial charge in [0, 0.05) is 13.0 Å². The maximum atomic E-state index is 12.5. The minimum absolute atomic E-state index is 0.0338. The topological polar surface area (TPSA) is 120 Å². The summed E-state index contributed by atoms with van der Waals surface area (Å²) in [5.74, 6) is -0.403. The second kappa shape index (κ2) is 25.3. The number of nitrogens with one attached hydrogen (secondary N) is 1. The predicted octanol–water partition coefficient (Wildman–Crippen LogP) is 6.13. The summed E-state index contributed by atoms with van der Waals surface area (Å²) in [5, 5.41) is 2.88. The van der Waals surface area contributed by atoms with Gasteiger partial charge in [-0.3, -0.25) is 9.79 Å². The zero-order chi connectivity index (χ0) is 26.0. The van der Waals surface area contributed by atoms with Gasteiger partial charge in [0.25, 0.3) is 0 Å². The van der Waals surface area contributed by atoms with E-state index in [4.69, 9.17) is 16.2 Å². The SMILES string of the molecule is CCCCCCCCCCCCCCCC(=O)N[C@@H](CCCN=C(N)N)C(=O)OCCCCCC. The fourth-order valence-electron chi connectivity index (χ4n) is 4.12. The van der Waals surface area contributed by atoms with Crippen molar-refractivity contribution in [1.29, 1.82) is 0 Å². The largest absolute Gasteiger partial charge is 0.464 e. The molecule has 5 N–H and O–H groups in total. The van der Waals surface area contributed by atoms with Gasteiger partial charge in [-0.25, -0.2) is 4.79 Å². The molecule has 0 aliphatic heterocycles. The van der Waals surface area contributed by atoms with Crippen LogP contribution in [-0.4, -0.2) is 37.0 Å². The monoisotopic (exact) mass is 496 g/mol. The van der Waals surface area contributed by atoms with E-state index >= 15 is 0 Å². The molecule has 0 saturated heterocycles. The first kappa shape index (κ1) is 33.2. The number of carbonyl (C=O) groups is 2. The van der Waals surface area contributed by atoms with Crippen LogP contribution in [0.15, 0.2) is 4.99 Å². The fraction of sp³-hybridized carbons (Fsp3) is 0.893. The summed E-state index contributed by atoms with van der Waals surface area (Å²) in [7, 11) is 0. The molecule has 206 valence electrons. The molecule has 0 spiro atoms. The lowest BCUT2D eigenvalue weighted by atomic mass is 10.0. The van der Waals surface area contributed by atoms with Gasteiger partial charge < -0.3 is 21.5 Å². The van der Waals surface area contributed by atoms with Crippen molar-refractivity contribution in [3.63, 3.8) is 0 Å². The summed E-state index contributed by atoms with van der Waals surface area (Å²) >= 11 is 0. The first-order valence-electron chi connectivity index (χ1n) is 14.5. The first-order valence-corrected chi connectivity index (χ1v) is 14.5. The molecule has 0 fully saturated rings. The van der Waals surface area contributed by atoms with Crippen molar-refractivity contribution < 1.29 is 14.3 Å². The van der Waals surface area contributed by atoms with Crippen LogP contribution in [-0.2, 0) is 14.3 Å². The van der Waals surface area contributed by atoms with Crippen LogP contribution >= 0.6 is 0 Å². The molecule has 0 unspecified atom stereocenters. The molecule has 0 heterocycles. The Bertz CT molecular complexity index is 536. The van der Waals surface area contributed by atoms with Crippen LogP contribution in [0, 0.1) is 0 Å². The molecule has 0 aromatic carbocycles. The second-order valence-corrected chi connectivity index (χ2v) is 9.79. The molecule has 0 aliphatic carbocycles. The van der Waals surface area contributed by atoms with Crippen molar-refractivity contribution in [2.75, 3.05) is 13.2 Å². The van der Waals surface area contributed by atoms with Crippen LogP contribution in [0.4, 0.5) is 0 Å². The van der Waals surface area contributed by atoms with Gasteiger partial charge >= 0.3 is 5.97 Å². The third kappa shape index (κ3) is 23.7. The number of unbranched alkanes of at least 4 members (excludes halogenated alkanes) is 15. The number of amides is 1. The van der Waals surface area contributed by atoms with Crippen LogP contribution in [0.2, 0.25) is 0 Å². The van der Waals surface area contributed by atoms with E-state index in [-0.39, 0.29) is 17.8 Å². The van der Waals surface area contributed by atoms with Crippen molar-refractivity contribution in [3.05, 3.63) is 0 Å². The van der Waals surface area contributed by atoms with E-state index in [0.29, 0.717) is 32.4 Å². The van der Waals surface area contributed by atoms with E-state index in [1.165, 1.54) is 70.6 Å². The van der Waals surface area contributed by atoms with Gasteiger partial charge in [-0.2, -0.15) is 0 Å². The molecule has 7 nitrogen and oxygen atoms in total. The molecule has 0 radical (unpaired) electrons. The van der Waals surface area contributed by atoms with E-state index in [1.54, 1.807) is 0 Å². The molecule has 0 rings (SSSR count). The number of carbonyl (C=O) groups excluding carboxylic acids is 2. The third-order valence-electron chi connectivity index (χ3n) is 6.31. The molecule has 0 saturated carbocycles. The highest BCUT2D eigenvalue weighted by molar-refractivity contribution is 5.84. The van der Waals surface area contributed by atoms with Gasteiger partial charge in [0.15, 0.2) is 5.96 Å². The molecule has 1 atom stereocenters. The van der Waals surface area contributed by atoms with Crippen molar-refractivity contribution in [2.45, 2.75) is 148 Å². The molecule has 0 aliphatic rings. The number of nitrogens with zero attached hydrogens (tertiary/aromatic N) is 1. The summed E-state index contributed by atoms with van der Waals surface area (Å²) in [6.07, 6.45) is 22.2. The predicted molar refractivity (Wildman–Crippen MR) is 147 cm³/mol. The Labute approximate surface area is 215 Å². The first-order chi connectivity index (χ1) is 17.0. The number of hydrogen-bond acceptors (Lipinski definition) is 4. The van der Waals surface area contributed by atoms with E-state index in [1.807, 2.05) is 0 Å². The van der Waals surface area contributed by atoms with Crippen LogP contribution < -0.4 is 16.8 Å². The summed E-state index contributed by atoms with van der Waals surface area (Å²) in [5.41, 5.74) is 10.7. The normalized spacial score (nSPS) is 11.7. The lowest BCUT2D eigenvalue weighted by Gasteiger charge is -2.17. The quantitative estimate of drug-likeness (QED) is 0.0608. The molecule has 7 heteroatoms. The van der Waals surface area contributed by atoms with Gasteiger partial charge in [-0.15, -0.1) is 0 Å². The summed E-state index contributed by atoms with van der Waals surface area (Å²) in [4.78, 5) is 28.9. The summed E-state index contributed by atoms with van der Waals surface area (Å²) in [6.45, 7) is 5.23. The molecule has 0 aromatic rings. The van der Waals surface area contributed by atoms with E-state index in [9.17, 15) is 9.59 Å². The van der Waals surface area contributed by atoms with E-state index < -0.39 is 6.04 Å². The van der Waals surface area contributed by atoms with Gasteiger partial charge in [0.1, 0.15) is 6.04 Å². The number of hydrogen-bond donors (Lipinski definition) is 3. The molecular weight excluding hydrogens is 440 g/mol. The molecule has 35 heavy (non-hydrogen) atoms. The summed E-state index contributed by atoms with van der Waals surface area (Å²) in [6, 6.07) is -0.634. The Hall–Kier alpha value is -1.79. The van der Waals surface area contributed by atoms with Gasteiger partial charge in [-0.1, -0.05) is 110 Å². The Morgan fingerprint density at radius 2 is 1.20 bits per heavy atom. The highest BCUT2D eigenvalue weighted by Gasteiger charge is 2.21. The van der Waals surface area contributed by atoms with Crippen molar-refractivity contribution >= 4 is 17.8 Å². The third-order valence-corrected chi connectivity index (χ3v) is 6.31. The van der Waals surface area contributed by atoms with Gasteiger partial charge in [0.2, 0.25) is 5.91 Å². The molecule has 0 aromatic heterocycles. The number of guanidine groups is 1. The highest BCUT2D eigenvalue weighted by atomic mass is 16.5. The fourth-order valence-corrected chi connectivity index (χ4v) is 4.12. The summed E-state index contributed by atoms with van der Waals surface area (Å²) < 4.78 is 5.41. The van der Waals surface area contributed by atoms with Crippen LogP contribution in [0.25, 0.3) is 0 Å². The average molecular weight is 497 g/mol. The Kier molecular flexibility index (Phi) is 24.0. The van der Waals surface area contributed by atoms with Crippen LogP contribution in [0.5, 0.6) is 0 Å². The minimum Gasteiger partial charge on any atom is -0.464 e. The zero-order valence-electron chi connectivity index (χ0n) is 23.0. The van der Waals surface area contributed by atoms with Crippen molar-refractivity contribution in [1.82, 2.24) is 5.32 Å². The number of ether oxygens (including phenoxy) is 1. The maximum Gasteiger partial charge on any atom is 0.328 e. The van der Waals surface area contributed by atoms with Crippen LogP contribution in [0.1, 0.15) is 142 Å². The van der Waals surface area contributed by atoms with Crippen molar-refractivity contribution in [3.8, 4) is 0 Å². The maximum absolute atomic E-state index is 12.5. The van der Waals surface area contributed by atoms with Gasteiger partial charge in [-0.05, 0) is 25.7 Å². The minimum atomic E-state index is -0.634. The lowest BCUT2D eigenvalue weighted by Crippen LogP contribution is -2.42. The molecular formula is C28H56N4O3. The average Bonchev–Trinajstić information content (AvgIpc) is 2.83. The number of aliphatic imine (C=N–C) groups is 1. The zero-order valence-corrected chi connectivity index (χ0v) is 23.0. The second-order valence-electron chi connectivity index (χ2n) is 9.79. The van der Waals surface area contributed by atoms with E-state index in [2.05, 4.69) is 24.2 Å². The highest BCUT2D eigenvalue weighted by Crippen LogP contribution is 2.13. The van der Waals surface area contributed by atoms with E-state index in [0.717, 1.165) is 38.5 Å². The van der Waals surface area contributed by atoms with Gasteiger partial charge in [0.05, 0.1) is 6.61 Å². The molecule has 0 bridgehead atoms. The molecule has 1 amide bonds. The van der Waals surface area contributed by atoms with Crippen molar-refractivity contribution in [2.24, 2.45) is 16.5 Å². The Morgan fingerprint density at radius 1 is 0.714 bits per heavy atom. The standard InChI is InChI=1S/C28H56N4O3/c1-3-5-7-9-10-11-12-13-14-15-16-17-18-22-26(33)32-25(21-20-23-31-28(29)30)27(34)35-24-19-8-6-4-2/h25H,3-24H2,1-2H3,(H,32,33)(H4,29,30,31)/t25-/m0/s1. The lowest BCUT2D eigenvalue weighted by molar-refractivity contribution is -0.148. The Balaban J connectivity index is 4.02. The van der Waals surface area contributed by atoms with Crippen LogP contribution in [0.3, 0.4) is 0 Å². The Morgan fingerprint density at radius 3 is 1.71 bits per heavy atom. The number of rotatable bonds is 25. The number of esters is 1. The smallest absolute Gasteiger partial charge is 0.328 e. The number of nitrogens with two attached hydrogens (primary N) is 2.